The van der Waals surface area contributed by atoms with Gasteiger partial charge in [-0.25, -0.2) is 0 Å². The minimum Gasteiger partial charge on any atom is -0.493 e. The van der Waals surface area contributed by atoms with Gasteiger partial charge in [-0.15, -0.1) is 0 Å². The number of rotatable bonds is 6. The lowest BCUT2D eigenvalue weighted by Crippen LogP contribution is -2.44. The molecule has 0 saturated heterocycles. The number of amides is 1. The summed E-state index contributed by atoms with van der Waals surface area (Å²) in [6.45, 7) is 1.93. The summed E-state index contributed by atoms with van der Waals surface area (Å²) in [5.74, 6) is 0.0393. The van der Waals surface area contributed by atoms with Crippen molar-refractivity contribution in [2.75, 3.05) is 14.2 Å². The van der Waals surface area contributed by atoms with Gasteiger partial charge in [-0.05, 0) is 29.7 Å². The zero-order valence-corrected chi connectivity index (χ0v) is 17.4. The molecule has 1 unspecified atom stereocenters. The molecule has 2 aromatic carbocycles. The Morgan fingerprint density at radius 3 is 2.26 bits per heavy atom. The minimum atomic E-state index is -4.77. The number of aryl methyl sites for hydroxylation is 1. The zero-order valence-electron chi connectivity index (χ0n) is 17.4. The Labute approximate surface area is 177 Å². The van der Waals surface area contributed by atoms with E-state index in [-0.39, 0.29) is 12.0 Å². The second-order valence-electron chi connectivity index (χ2n) is 7.16. The van der Waals surface area contributed by atoms with Gasteiger partial charge >= 0.3 is 6.18 Å². The monoisotopic (exact) mass is 436 g/mol. The summed E-state index contributed by atoms with van der Waals surface area (Å²) in [6, 6.07) is 11.2. The van der Waals surface area contributed by atoms with Crippen molar-refractivity contribution in [1.29, 1.82) is 0 Å². The maximum absolute atomic E-state index is 13.4. The minimum absolute atomic E-state index is 0.161. The largest absolute Gasteiger partial charge is 0.493 e. The summed E-state index contributed by atoms with van der Waals surface area (Å²) < 4.78 is 50.5. The van der Waals surface area contributed by atoms with E-state index in [0.717, 1.165) is 12.0 Å². The molecule has 0 bridgehead atoms. The van der Waals surface area contributed by atoms with Crippen LogP contribution in [-0.4, -0.2) is 42.1 Å². The number of aliphatic hydroxyl groups is 1. The Hall–Kier alpha value is -3.07. The predicted octanol–water partition coefficient (Wildman–Crippen LogP) is 3.80. The molecule has 31 heavy (non-hydrogen) atoms. The molecule has 1 heterocycles. The molecule has 0 fully saturated rings. The van der Waals surface area contributed by atoms with Crippen LogP contribution in [0, 0.1) is 0 Å². The van der Waals surface area contributed by atoms with Crippen LogP contribution >= 0.6 is 0 Å². The van der Waals surface area contributed by atoms with Gasteiger partial charge in [0.2, 0.25) is 5.91 Å². The van der Waals surface area contributed by atoms with Crippen molar-refractivity contribution in [3.8, 4) is 11.5 Å². The number of ether oxygens (including phenoxy) is 2. The van der Waals surface area contributed by atoms with Gasteiger partial charge in [-0.2, -0.15) is 23.3 Å². The third kappa shape index (κ3) is 4.51. The van der Waals surface area contributed by atoms with Crippen molar-refractivity contribution < 1.29 is 32.5 Å². The van der Waals surface area contributed by atoms with Crippen molar-refractivity contribution in [1.82, 2.24) is 5.01 Å². The van der Waals surface area contributed by atoms with E-state index in [1.165, 1.54) is 26.4 Å². The fourth-order valence-electron chi connectivity index (χ4n) is 3.44. The topological polar surface area (TPSA) is 71.4 Å². The van der Waals surface area contributed by atoms with Crippen molar-refractivity contribution in [2.45, 2.75) is 38.1 Å². The highest BCUT2D eigenvalue weighted by molar-refractivity contribution is 5.95. The lowest BCUT2D eigenvalue weighted by atomic mass is 9.95. The molecule has 6 nitrogen and oxygen atoms in total. The molecule has 0 aliphatic carbocycles. The first kappa shape index (κ1) is 22.6. The Bertz CT molecular complexity index is 989. The van der Waals surface area contributed by atoms with Crippen LogP contribution in [0.25, 0.3) is 0 Å². The molecular formula is C22H23F3N2O4. The summed E-state index contributed by atoms with van der Waals surface area (Å²) in [7, 11) is 2.90. The summed E-state index contributed by atoms with van der Waals surface area (Å²) in [5, 5.41) is 15.2. The van der Waals surface area contributed by atoms with Gasteiger partial charge in [-0.3, -0.25) is 4.79 Å². The van der Waals surface area contributed by atoms with Crippen LogP contribution in [0.1, 0.15) is 30.0 Å². The number of hydrogen-bond donors (Lipinski definition) is 1. The van der Waals surface area contributed by atoms with Gasteiger partial charge < -0.3 is 14.6 Å². The Kier molecular flexibility index (Phi) is 6.26. The van der Waals surface area contributed by atoms with E-state index in [2.05, 4.69) is 5.10 Å². The molecule has 166 valence electrons. The summed E-state index contributed by atoms with van der Waals surface area (Å²) in [5.41, 5.74) is -1.86. The van der Waals surface area contributed by atoms with Crippen molar-refractivity contribution in [3.05, 3.63) is 59.2 Å². The molecule has 1 aliphatic heterocycles. The van der Waals surface area contributed by atoms with Crippen LogP contribution in [0.15, 0.2) is 47.6 Å². The summed E-state index contributed by atoms with van der Waals surface area (Å²) >= 11 is 0. The molecule has 1 atom stereocenters. The molecule has 0 saturated carbocycles. The number of carbonyl (C=O) groups is 1. The SMILES string of the molecule is CCc1ccc(C2(O)CC(C(F)(F)F)=NN2C(=O)Cc2ccc(OC)c(OC)c2)cc1. The number of methoxy groups -OCH3 is 2. The van der Waals surface area contributed by atoms with Crippen molar-refractivity contribution in [3.63, 3.8) is 0 Å². The lowest BCUT2D eigenvalue weighted by molar-refractivity contribution is -0.157. The van der Waals surface area contributed by atoms with Gasteiger partial charge in [0.25, 0.3) is 0 Å². The number of alkyl halides is 3. The number of hydrazone groups is 1. The van der Waals surface area contributed by atoms with E-state index in [1.54, 1.807) is 30.3 Å². The Morgan fingerprint density at radius 2 is 1.71 bits per heavy atom. The van der Waals surface area contributed by atoms with Gasteiger partial charge in [0.15, 0.2) is 17.2 Å². The van der Waals surface area contributed by atoms with E-state index in [4.69, 9.17) is 9.47 Å². The average molecular weight is 436 g/mol. The van der Waals surface area contributed by atoms with Crippen molar-refractivity contribution >= 4 is 11.6 Å². The molecule has 1 N–H and O–H groups in total. The number of hydrogen-bond acceptors (Lipinski definition) is 5. The van der Waals surface area contributed by atoms with Crippen LogP contribution < -0.4 is 9.47 Å². The second-order valence-corrected chi connectivity index (χ2v) is 7.16. The third-order valence-electron chi connectivity index (χ3n) is 5.18. The molecule has 1 aliphatic rings. The average Bonchev–Trinajstić information content (AvgIpc) is 3.13. The highest BCUT2D eigenvalue weighted by Gasteiger charge is 2.52. The molecule has 9 heteroatoms. The zero-order chi connectivity index (χ0) is 22.8. The molecule has 0 spiro atoms. The van der Waals surface area contributed by atoms with E-state index in [1.807, 2.05) is 6.92 Å². The fraction of sp³-hybridized carbons (Fsp3) is 0.364. The van der Waals surface area contributed by atoms with Crippen LogP contribution in [0.2, 0.25) is 0 Å². The van der Waals surface area contributed by atoms with E-state index in [9.17, 15) is 23.1 Å². The van der Waals surface area contributed by atoms with Crippen LogP contribution in [0.5, 0.6) is 11.5 Å². The highest BCUT2D eigenvalue weighted by Crippen LogP contribution is 2.40. The molecule has 2 aromatic rings. The fourth-order valence-corrected chi connectivity index (χ4v) is 3.44. The lowest BCUT2D eigenvalue weighted by Gasteiger charge is -2.31. The summed E-state index contributed by atoms with van der Waals surface area (Å²) in [4.78, 5) is 13.0. The first-order valence-electron chi connectivity index (χ1n) is 9.62. The molecule has 0 radical (unpaired) electrons. The maximum atomic E-state index is 13.4. The number of benzene rings is 2. The number of carbonyl (C=O) groups excluding carboxylic acids is 1. The standard InChI is InChI=1S/C22H23F3N2O4/c1-4-14-5-8-16(9-6-14)21(29)13-19(22(23,24)25)26-27(21)20(28)12-15-7-10-17(30-2)18(11-15)31-3/h5-11,29H,4,12-13H2,1-3H3. The van der Waals surface area contributed by atoms with E-state index in [0.29, 0.717) is 22.1 Å². The second kappa shape index (κ2) is 8.58. The quantitative estimate of drug-likeness (QED) is 0.748. The van der Waals surface area contributed by atoms with Crippen LogP contribution in [0.3, 0.4) is 0 Å². The number of halogens is 3. The van der Waals surface area contributed by atoms with Crippen LogP contribution in [0.4, 0.5) is 13.2 Å². The first-order valence-corrected chi connectivity index (χ1v) is 9.62. The third-order valence-corrected chi connectivity index (χ3v) is 5.18. The maximum Gasteiger partial charge on any atom is 0.431 e. The first-order chi connectivity index (χ1) is 14.6. The summed E-state index contributed by atoms with van der Waals surface area (Å²) in [6.07, 6.45) is -5.18. The molecule has 3 rings (SSSR count). The van der Waals surface area contributed by atoms with Crippen LogP contribution in [-0.2, 0) is 23.4 Å². The van der Waals surface area contributed by atoms with Gasteiger partial charge in [0.05, 0.1) is 27.1 Å². The van der Waals surface area contributed by atoms with Gasteiger partial charge in [0.1, 0.15) is 5.71 Å². The van der Waals surface area contributed by atoms with E-state index < -0.39 is 29.9 Å². The number of nitrogens with zero attached hydrogens (tertiary/aromatic N) is 2. The molecule has 1 amide bonds. The van der Waals surface area contributed by atoms with E-state index >= 15 is 0 Å². The highest BCUT2D eigenvalue weighted by atomic mass is 19.4. The molecule has 0 aromatic heterocycles. The Balaban J connectivity index is 1.95. The normalized spacial score (nSPS) is 18.7. The van der Waals surface area contributed by atoms with Crippen molar-refractivity contribution in [2.24, 2.45) is 5.10 Å². The molecular weight excluding hydrogens is 413 g/mol. The Morgan fingerprint density at radius 1 is 1.10 bits per heavy atom. The predicted molar refractivity (Wildman–Crippen MR) is 108 cm³/mol. The van der Waals surface area contributed by atoms with Gasteiger partial charge in [0, 0.05) is 5.56 Å². The smallest absolute Gasteiger partial charge is 0.431 e. The van der Waals surface area contributed by atoms with Gasteiger partial charge in [-0.1, -0.05) is 37.3 Å².